The molecule has 0 aliphatic carbocycles. The van der Waals surface area contributed by atoms with Crippen LogP contribution in [0.3, 0.4) is 0 Å². The molecule has 7 heteroatoms. The number of fused-ring (bicyclic) bond motifs is 1. The van der Waals surface area contributed by atoms with Gasteiger partial charge in [-0.1, -0.05) is 0 Å². The van der Waals surface area contributed by atoms with Crippen LogP contribution in [0.4, 0.5) is 10.1 Å². The number of Topliss-reactive ketones (excluding diaryl/α,β-unsaturated/α-hetero) is 1. The Kier molecular flexibility index (Phi) is 5.32. The normalized spacial score (nSPS) is 11.8. The zero-order valence-electron chi connectivity index (χ0n) is 14.6. The van der Waals surface area contributed by atoms with Crippen LogP contribution in [0, 0.1) is 5.82 Å². The lowest BCUT2D eigenvalue weighted by Crippen LogP contribution is -2.24. The summed E-state index contributed by atoms with van der Waals surface area (Å²) in [6.45, 7) is 2.89. The van der Waals surface area contributed by atoms with Crippen LogP contribution >= 0.6 is 11.3 Å². The number of esters is 1. The minimum atomic E-state index is -0.980. The molecule has 0 aliphatic heterocycles. The third-order valence-corrected chi connectivity index (χ3v) is 4.92. The summed E-state index contributed by atoms with van der Waals surface area (Å²) in [5.41, 5.74) is 0.934. The Hall–Kier alpha value is -3.06. The number of amides is 1. The van der Waals surface area contributed by atoms with Gasteiger partial charge in [-0.2, -0.15) is 0 Å². The molecule has 0 spiro atoms. The van der Waals surface area contributed by atoms with Gasteiger partial charge in [0.25, 0.3) is 0 Å². The van der Waals surface area contributed by atoms with E-state index in [-0.39, 0.29) is 17.5 Å². The van der Waals surface area contributed by atoms with Gasteiger partial charge < -0.3 is 10.1 Å². The molecule has 138 valence electrons. The van der Waals surface area contributed by atoms with Crippen LogP contribution in [0.2, 0.25) is 0 Å². The minimum Gasteiger partial charge on any atom is -0.450 e. The standard InChI is InChI=1S/C20H16FNO4S/c1-11(19(24)13-3-6-16(7-4-13)22-12(2)23)26-20(25)18-10-14-9-15(21)5-8-17(14)27-18/h3-11H,1-2H3,(H,22,23). The first-order valence-corrected chi connectivity index (χ1v) is 8.97. The molecule has 0 aliphatic rings. The van der Waals surface area contributed by atoms with Gasteiger partial charge in [0.2, 0.25) is 11.7 Å². The van der Waals surface area contributed by atoms with E-state index in [0.29, 0.717) is 21.5 Å². The summed E-state index contributed by atoms with van der Waals surface area (Å²) in [4.78, 5) is 36.1. The molecule has 0 bridgehead atoms. The first-order chi connectivity index (χ1) is 12.8. The molecule has 1 atom stereocenters. The highest BCUT2D eigenvalue weighted by atomic mass is 32.1. The monoisotopic (exact) mass is 385 g/mol. The van der Waals surface area contributed by atoms with Gasteiger partial charge in [0.1, 0.15) is 10.7 Å². The smallest absolute Gasteiger partial charge is 0.349 e. The van der Waals surface area contributed by atoms with Crippen LogP contribution in [-0.2, 0) is 9.53 Å². The van der Waals surface area contributed by atoms with Gasteiger partial charge in [0.05, 0.1) is 0 Å². The molecular formula is C20H16FNO4S. The Morgan fingerprint density at radius 3 is 2.44 bits per heavy atom. The molecule has 3 aromatic rings. The summed E-state index contributed by atoms with van der Waals surface area (Å²) >= 11 is 1.18. The van der Waals surface area contributed by atoms with E-state index < -0.39 is 12.1 Å². The Labute approximate surface area is 158 Å². The van der Waals surface area contributed by atoms with E-state index in [9.17, 15) is 18.8 Å². The third kappa shape index (κ3) is 4.38. The van der Waals surface area contributed by atoms with Gasteiger partial charge in [-0.25, -0.2) is 9.18 Å². The fraction of sp³-hybridized carbons (Fsp3) is 0.150. The van der Waals surface area contributed by atoms with Crippen molar-refractivity contribution in [2.45, 2.75) is 20.0 Å². The summed E-state index contributed by atoms with van der Waals surface area (Å²) < 4.78 is 19.3. The number of carbonyl (C=O) groups is 3. The van der Waals surface area contributed by atoms with Crippen molar-refractivity contribution in [3.05, 3.63) is 64.8 Å². The molecular weight excluding hydrogens is 369 g/mol. The summed E-state index contributed by atoms with van der Waals surface area (Å²) in [5, 5.41) is 3.22. The van der Waals surface area contributed by atoms with Crippen molar-refractivity contribution in [3.8, 4) is 0 Å². The number of ketones is 1. The second kappa shape index (κ2) is 7.67. The highest BCUT2D eigenvalue weighted by Gasteiger charge is 2.21. The Balaban J connectivity index is 1.69. The van der Waals surface area contributed by atoms with E-state index in [2.05, 4.69) is 5.32 Å². The third-order valence-electron chi connectivity index (χ3n) is 3.82. The van der Waals surface area contributed by atoms with Crippen LogP contribution in [0.15, 0.2) is 48.5 Å². The Morgan fingerprint density at radius 2 is 1.78 bits per heavy atom. The van der Waals surface area contributed by atoms with Crippen molar-refractivity contribution in [3.63, 3.8) is 0 Å². The fourth-order valence-corrected chi connectivity index (χ4v) is 3.47. The van der Waals surface area contributed by atoms with E-state index >= 15 is 0 Å². The molecule has 0 fully saturated rings. The zero-order valence-corrected chi connectivity index (χ0v) is 15.4. The average Bonchev–Trinajstić information content (AvgIpc) is 3.04. The molecule has 27 heavy (non-hydrogen) atoms. The predicted octanol–water partition coefficient (Wildman–Crippen LogP) is 4.43. The van der Waals surface area contributed by atoms with Gasteiger partial charge >= 0.3 is 5.97 Å². The van der Waals surface area contributed by atoms with Crippen molar-refractivity contribution >= 4 is 44.8 Å². The maximum Gasteiger partial charge on any atom is 0.349 e. The van der Waals surface area contributed by atoms with Gasteiger partial charge in [-0.15, -0.1) is 11.3 Å². The minimum absolute atomic E-state index is 0.209. The largest absolute Gasteiger partial charge is 0.450 e. The van der Waals surface area contributed by atoms with Crippen LogP contribution in [0.25, 0.3) is 10.1 Å². The van der Waals surface area contributed by atoms with Crippen LogP contribution in [0.5, 0.6) is 0 Å². The van der Waals surface area contributed by atoms with Gasteiger partial charge in [0.15, 0.2) is 6.10 Å². The summed E-state index contributed by atoms with van der Waals surface area (Å²) in [5.74, 6) is -1.58. The molecule has 0 saturated heterocycles. The van der Waals surface area contributed by atoms with Gasteiger partial charge in [0, 0.05) is 22.9 Å². The number of thiophene rings is 1. The molecule has 0 radical (unpaired) electrons. The van der Waals surface area contributed by atoms with Crippen LogP contribution in [-0.4, -0.2) is 23.8 Å². The van der Waals surface area contributed by atoms with E-state index in [1.165, 1.54) is 37.3 Å². The number of hydrogen-bond donors (Lipinski definition) is 1. The second-order valence-corrected chi connectivity index (χ2v) is 7.05. The maximum absolute atomic E-state index is 13.3. The molecule has 1 amide bonds. The van der Waals surface area contributed by atoms with Crippen molar-refractivity contribution in [1.29, 1.82) is 0 Å². The summed E-state index contributed by atoms with van der Waals surface area (Å²) in [7, 11) is 0. The highest BCUT2D eigenvalue weighted by molar-refractivity contribution is 7.20. The average molecular weight is 385 g/mol. The molecule has 2 aromatic carbocycles. The van der Waals surface area contributed by atoms with E-state index in [4.69, 9.17) is 4.74 Å². The fourth-order valence-electron chi connectivity index (χ4n) is 2.54. The number of benzene rings is 2. The molecule has 1 heterocycles. The first kappa shape index (κ1) is 18.7. The summed E-state index contributed by atoms with van der Waals surface area (Å²) in [6, 6.07) is 12.1. The number of ether oxygens (including phenoxy) is 1. The number of nitrogens with one attached hydrogen (secondary N) is 1. The van der Waals surface area contributed by atoms with Gasteiger partial charge in [-0.3, -0.25) is 9.59 Å². The molecule has 0 saturated carbocycles. The Bertz CT molecular complexity index is 1030. The van der Waals surface area contributed by atoms with Crippen molar-refractivity contribution in [1.82, 2.24) is 0 Å². The van der Waals surface area contributed by atoms with Gasteiger partial charge in [-0.05, 0) is 60.8 Å². The Morgan fingerprint density at radius 1 is 1.07 bits per heavy atom. The lowest BCUT2D eigenvalue weighted by molar-refractivity contribution is -0.114. The lowest BCUT2D eigenvalue weighted by Gasteiger charge is -2.12. The predicted molar refractivity (Wildman–Crippen MR) is 102 cm³/mol. The number of hydrogen-bond acceptors (Lipinski definition) is 5. The topological polar surface area (TPSA) is 72.5 Å². The highest BCUT2D eigenvalue weighted by Crippen LogP contribution is 2.27. The van der Waals surface area contributed by atoms with Crippen molar-refractivity contribution in [2.75, 3.05) is 5.32 Å². The van der Waals surface area contributed by atoms with E-state index in [1.54, 1.807) is 36.4 Å². The second-order valence-electron chi connectivity index (χ2n) is 5.96. The molecule has 3 rings (SSSR count). The molecule has 1 N–H and O–H groups in total. The molecule has 5 nitrogen and oxygen atoms in total. The number of halogens is 1. The van der Waals surface area contributed by atoms with E-state index in [1.807, 2.05) is 0 Å². The zero-order chi connectivity index (χ0) is 19.6. The van der Waals surface area contributed by atoms with Crippen molar-refractivity contribution < 1.29 is 23.5 Å². The molecule has 1 aromatic heterocycles. The van der Waals surface area contributed by atoms with E-state index in [0.717, 1.165) is 4.70 Å². The lowest BCUT2D eigenvalue weighted by atomic mass is 10.1. The van der Waals surface area contributed by atoms with Crippen LogP contribution < -0.4 is 5.32 Å². The maximum atomic E-state index is 13.3. The SMILES string of the molecule is CC(=O)Nc1ccc(C(=O)C(C)OC(=O)c2cc3cc(F)ccc3s2)cc1. The molecule has 1 unspecified atom stereocenters. The first-order valence-electron chi connectivity index (χ1n) is 8.15. The summed E-state index contributed by atoms with van der Waals surface area (Å²) in [6.07, 6.45) is -0.980. The number of anilines is 1. The number of carbonyl (C=O) groups excluding carboxylic acids is 3. The van der Waals surface area contributed by atoms with Crippen molar-refractivity contribution in [2.24, 2.45) is 0 Å². The number of rotatable bonds is 5. The quantitative estimate of drug-likeness (QED) is 0.521. The van der Waals surface area contributed by atoms with Crippen LogP contribution in [0.1, 0.15) is 33.9 Å².